The fraction of sp³-hybridized carbons (Fsp3) is 0.222. The SMILES string of the molecule is CC(NC(=O)c1ccc(CSc2nccn2C)o1)c1cc(F)c(Cl)cc1Cl. The maximum atomic E-state index is 13.7. The average molecular weight is 428 g/mol. The molecule has 3 aromatic rings. The van der Waals surface area contributed by atoms with E-state index >= 15 is 0 Å². The van der Waals surface area contributed by atoms with Crippen LogP contribution in [-0.2, 0) is 12.8 Å². The monoisotopic (exact) mass is 427 g/mol. The molecule has 0 aliphatic heterocycles. The number of carbonyl (C=O) groups is 1. The Hall–Kier alpha value is -1.96. The second-order valence-electron chi connectivity index (χ2n) is 5.86. The number of halogens is 3. The molecule has 0 spiro atoms. The predicted molar refractivity (Wildman–Crippen MR) is 104 cm³/mol. The van der Waals surface area contributed by atoms with E-state index in [1.54, 1.807) is 25.3 Å². The number of nitrogens with one attached hydrogen (secondary N) is 1. The van der Waals surface area contributed by atoms with E-state index in [0.717, 1.165) is 5.16 Å². The summed E-state index contributed by atoms with van der Waals surface area (Å²) in [4.78, 5) is 16.6. The molecule has 0 bridgehead atoms. The van der Waals surface area contributed by atoms with Gasteiger partial charge in [-0.25, -0.2) is 9.37 Å². The largest absolute Gasteiger partial charge is 0.455 e. The van der Waals surface area contributed by atoms with Crippen molar-refractivity contribution in [2.45, 2.75) is 23.9 Å². The van der Waals surface area contributed by atoms with Crippen LogP contribution in [-0.4, -0.2) is 15.5 Å². The smallest absolute Gasteiger partial charge is 0.287 e. The molecule has 3 rings (SSSR count). The van der Waals surface area contributed by atoms with Crippen LogP contribution in [0.3, 0.4) is 0 Å². The molecule has 27 heavy (non-hydrogen) atoms. The Morgan fingerprint density at radius 3 is 2.85 bits per heavy atom. The van der Waals surface area contributed by atoms with Crippen LogP contribution in [0.5, 0.6) is 0 Å². The molecule has 0 saturated heterocycles. The van der Waals surface area contributed by atoms with Gasteiger partial charge in [-0.05, 0) is 36.8 Å². The van der Waals surface area contributed by atoms with Crippen molar-refractivity contribution in [1.29, 1.82) is 0 Å². The van der Waals surface area contributed by atoms with Crippen molar-refractivity contribution < 1.29 is 13.6 Å². The Labute approximate surface area is 169 Å². The zero-order valence-electron chi connectivity index (χ0n) is 14.5. The number of hydrogen-bond donors (Lipinski definition) is 1. The summed E-state index contributed by atoms with van der Waals surface area (Å²) in [5.74, 6) is 0.354. The van der Waals surface area contributed by atoms with Crippen LogP contribution in [0.1, 0.15) is 34.8 Å². The summed E-state index contributed by atoms with van der Waals surface area (Å²) in [5.41, 5.74) is 0.434. The van der Waals surface area contributed by atoms with E-state index in [0.29, 0.717) is 17.1 Å². The summed E-state index contributed by atoms with van der Waals surface area (Å²) < 4.78 is 21.2. The summed E-state index contributed by atoms with van der Waals surface area (Å²) >= 11 is 13.3. The first kappa shape index (κ1) is 19.8. The van der Waals surface area contributed by atoms with Gasteiger partial charge in [-0.3, -0.25) is 4.79 Å². The number of thioether (sulfide) groups is 1. The van der Waals surface area contributed by atoms with Crippen LogP contribution in [0.15, 0.2) is 46.2 Å². The minimum absolute atomic E-state index is 0.0665. The van der Waals surface area contributed by atoms with Crippen molar-refractivity contribution in [3.63, 3.8) is 0 Å². The Kier molecular flexibility index (Phi) is 6.14. The molecule has 9 heteroatoms. The number of aryl methyl sites for hydroxylation is 1. The predicted octanol–water partition coefficient (Wildman–Crippen LogP) is 5.24. The van der Waals surface area contributed by atoms with Gasteiger partial charge in [-0.1, -0.05) is 35.0 Å². The molecule has 0 aliphatic rings. The van der Waals surface area contributed by atoms with Crippen LogP contribution >= 0.6 is 35.0 Å². The van der Waals surface area contributed by atoms with Gasteiger partial charge in [-0.15, -0.1) is 0 Å². The van der Waals surface area contributed by atoms with Crippen LogP contribution in [0.4, 0.5) is 4.39 Å². The van der Waals surface area contributed by atoms with Crippen molar-refractivity contribution in [3.05, 3.63) is 69.6 Å². The Balaban J connectivity index is 1.64. The number of amides is 1. The molecule has 1 atom stereocenters. The fourth-order valence-corrected chi connectivity index (χ4v) is 3.79. The van der Waals surface area contributed by atoms with Crippen molar-refractivity contribution in [1.82, 2.24) is 14.9 Å². The lowest BCUT2D eigenvalue weighted by atomic mass is 10.1. The van der Waals surface area contributed by atoms with Crippen molar-refractivity contribution in [3.8, 4) is 0 Å². The van der Waals surface area contributed by atoms with E-state index in [2.05, 4.69) is 10.3 Å². The zero-order chi connectivity index (χ0) is 19.6. The third kappa shape index (κ3) is 4.66. The summed E-state index contributed by atoms with van der Waals surface area (Å²) in [6.45, 7) is 1.70. The number of nitrogens with zero attached hydrogens (tertiary/aromatic N) is 2. The van der Waals surface area contributed by atoms with E-state index in [1.807, 2.05) is 17.8 Å². The first-order valence-electron chi connectivity index (χ1n) is 7.99. The van der Waals surface area contributed by atoms with Crippen LogP contribution in [0.2, 0.25) is 10.0 Å². The Morgan fingerprint density at radius 2 is 2.15 bits per heavy atom. The van der Waals surface area contributed by atoms with E-state index < -0.39 is 17.8 Å². The molecule has 0 fully saturated rings. The fourth-order valence-electron chi connectivity index (χ4n) is 2.42. The number of aromatic nitrogens is 2. The van der Waals surface area contributed by atoms with Gasteiger partial charge in [0.1, 0.15) is 11.6 Å². The van der Waals surface area contributed by atoms with E-state index in [1.165, 1.54) is 23.9 Å². The molecule has 2 aromatic heterocycles. The summed E-state index contributed by atoms with van der Waals surface area (Å²) in [6.07, 6.45) is 3.57. The molecule has 5 nitrogen and oxygen atoms in total. The highest BCUT2D eigenvalue weighted by atomic mass is 35.5. The minimum atomic E-state index is -0.594. The quantitative estimate of drug-likeness (QED) is 0.431. The maximum absolute atomic E-state index is 13.7. The third-order valence-corrected chi connectivity index (χ3v) is 5.56. The molecule has 1 unspecified atom stereocenters. The second-order valence-corrected chi connectivity index (χ2v) is 7.62. The molecule has 0 radical (unpaired) electrons. The van der Waals surface area contributed by atoms with Crippen LogP contribution in [0.25, 0.3) is 0 Å². The number of benzene rings is 1. The molecular formula is C18H16Cl2FN3O2S. The molecule has 0 saturated carbocycles. The number of furan rings is 1. The lowest BCUT2D eigenvalue weighted by molar-refractivity contribution is 0.0910. The van der Waals surface area contributed by atoms with Crippen molar-refractivity contribution in [2.75, 3.05) is 0 Å². The van der Waals surface area contributed by atoms with E-state index in [4.69, 9.17) is 27.6 Å². The number of rotatable bonds is 6. The summed E-state index contributed by atoms with van der Waals surface area (Å²) in [5, 5.41) is 3.81. The molecule has 1 aromatic carbocycles. The Bertz CT molecular complexity index is 973. The van der Waals surface area contributed by atoms with Gasteiger partial charge in [0.05, 0.1) is 16.8 Å². The molecular weight excluding hydrogens is 412 g/mol. The van der Waals surface area contributed by atoms with Gasteiger partial charge in [0.15, 0.2) is 10.9 Å². The number of hydrogen-bond acceptors (Lipinski definition) is 4. The maximum Gasteiger partial charge on any atom is 0.287 e. The highest BCUT2D eigenvalue weighted by Crippen LogP contribution is 2.29. The van der Waals surface area contributed by atoms with E-state index in [-0.39, 0.29) is 15.8 Å². The Morgan fingerprint density at radius 1 is 1.37 bits per heavy atom. The van der Waals surface area contributed by atoms with Gasteiger partial charge in [-0.2, -0.15) is 0 Å². The number of imidazole rings is 1. The topological polar surface area (TPSA) is 60.1 Å². The molecule has 142 valence electrons. The lowest BCUT2D eigenvalue weighted by Gasteiger charge is -2.15. The van der Waals surface area contributed by atoms with Gasteiger partial charge in [0.2, 0.25) is 0 Å². The minimum Gasteiger partial charge on any atom is -0.455 e. The molecule has 1 amide bonds. The molecule has 2 heterocycles. The van der Waals surface area contributed by atoms with Crippen molar-refractivity contribution >= 4 is 40.9 Å². The standard InChI is InChI=1S/C18H16Cl2FN3O2S/c1-10(12-7-15(21)14(20)8-13(12)19)23-17(25)16-4-3-11(26-16)9-27-18-22-5-6-24(18)2/h3-8,10H,9H2,1-2H3,(H,23,25). The van der Waals surface area contributed by atoms with Crippen molar-refractivity contribution in [2.24, 2.45) is 7.05 Å². The highest BCUT2D eigenvalue weighted by Gasteiger charge is 2.18. The number of carbonyl (C=O) groups excluding carboxylic acids is 1. The summed E-state index contributed by atoms with van der Waals surface area (Å²) in [7, 11) is 1.91. The molecule has 1 N–H and O–H groups in total. The van der Waals surface area contributed by atoms with Crippen LogP contribution < -0.4 is 5.32 Å². The van der Waals surface area contributed by atoms with Crippen LogP contribution in [0, 0.1) is 5.82 Å². The second kappa shape index (κ2) is 8.37. The average Bonchev–Trinajstić information content (AvgIpc) is 3.25. The van der Waals surface area contributed by atoms with Gasteiger partial charge in [0, 0.05) is 24.5 Å². The first-order valence-corrected chi connectivity index (χ1v) is 9.73. The van der Waals surface area contributed by atoms with Gasteiger partial charge >= 0.3 is 0 Å². The third-order valence-electron chi connectivity index (χ3n) is 3.86. The lowest BCUT2D eigenvalue weighted by Crippen LogP contribution is -2.26. The van der Waals surface area contributed by atoms with Gasteiger partial charge < -0.3 is 14.3 Å². The highest BCUT2D eigenvalue weighted by molar-refractivity contribution is 7.98. The van der Waals surface area contributed by atoms with E-state index in [9.17, 15) is 9.18 Å². The normalized spacial score (nSPS) is 12.2. The van der Waals surface area contributed by atoms with Gasteiger partial charge in [0.25, 0.3) is 5.91 Å². The zero-order valence-corrected chi connectivity index (χ0v) is 16.8. The summed E-state index contributed by atoms with van der Waals surface area (Å²) in [6, 6.07) is 5.35. The molecule has 0 aliphatic carbocycles. The first-order chi connectivity index (χ1) is 12.8.